The van der Waals surface area contributed by atoms with Crippen molar-refractivity contribution in [1.82, 2.24) is 9.78 Å². The van der Waals surface area contributed by atoms with Crippen LogP contribution in [-0.4, -0.2) is 9.78 Å². The molecule has 18 heavy (non-hydrogen) atoms. The van der Waals surface area contributed by atoms with Crippen LogP contribution in [0.2, 0.25) is 0 Å². The number of hydrogen-bond donors (Lipinski definition) is 0. The van der Waals surface area contributed by atoms with Crippen molar-refractivity contribution in [3.05, 3.63) is 45.4 Å². The van der Waals surface area contributed by atoms with Gasteiger partial charge in [-0.1, -0.05) is 0 Å². The monoisotopic (exact) mass is 312 g/mol. The zero-order valence-corrected chi connectivity index (χ0v) is 12.1. The summed E-state index contributed by atoms with van der Waals surface area (Å²) < 4.78 is 21.4. The molecule has 0 fully saturated rings. The Hall–Kier alpha value is -1.36. The third kappa shape index (κ3) is 2.56. The van der Waals surface area contributed by atoms with Crippen molar-refractivity contribution in [2.24, 2.45) is 7.05 Å². The predicted octanol–water partition coefficient (Wildman–Crippen LogP) is 3.52. The summed E-state index contributed by atoms with van der Waals surface area (Å²) >= 11 is 3.48. The summed E-state index contributed by atoms with van der Waals surface area (Å²) in [4.78, 5) is 0. The molecule has 2 aromatic rings. The van der Waals surface area contributed by atoms with E-state index in [4.69, 9.17) is 4.74 Å². The fraction of sp³-hybridized carbons (Fsp3) is 0.308. The second-order valence-electron chi connectivity index (χ2n) is 4.17. The number of aromatic nitrogens is 2. The van der Waals surface area contributed by atoms with Gasteiger partial charge in [0.25, 0.3) is 0 Å². The van der Waals surface area contributed by atoms with Crippen molar-refractivity contribution >= 4 is 15.9 Å². The molecule has 0 amide bonds. The lowest BCUT2D eigenvalue weighted by atomic mass is 10.2. The normalized spacial score (nSPS) is 10.7. The van der Waals surface area contributed by atoms with Crippen molar-refractivity contribution < 1.29 is 9.13 Å². The fourth-order valence-electron chi connectivity index (χ4n) is 1.76. The number of halogens is 2. The van der Waals surface area contributed by atoms with Gasteiger partial charge in [0.1, 0.15) is 18.2 Å². The van der Waals surface area contributed by atoms with Crippen LogP contribution in [0.25, 0.3) is 0 Å². The average molecular weight is 313 g/mol. The van der Waals surface area contributed by atoms with E-state index >= 15 is 0 Å². The molecule has 0 aliphatic heterocycles. The smallest absolute Gasteiger partial charge is 0.131 e. The minimum Gasteiger partial charge on any atom is -0.487 e. The van der Waals surface area contributed by atoms with Gasteiger partial charge in [0.2, 0.25) is 0 Å². The molecule has 0 unspecified atom stereocenters. The van der Waals surface area contributed by atoms with Crippen molar-refractivity contribution in [2.75, 3.05) is 0 Å². The van der Waals surface area contributed by atoms with Gasteiger partial charge in [-0.25, -0.2) is 4.39 Å². The van der Waals surface area contributed by atoms with E-state index in [1.54, 1.807) is 10.7 Å². The van der Waals surface area contributed by atoms with Gasteiger partial charge in [-0.15, -0.1) is 0 Å². The molecule has 5 heteroatoms. The van der Waals surface area contributed by atoms with E-state index in [9.17, 15) is 4.39 Å². The molecule has 0 spiro atoms. The number of aryl methyl sites for hydroxylation is 3. The Bertz CT molecular complexity index is 581. The number of nitrogens with zero attached hydrogens (tertiary/aromatic N) is 2. The Labute approximate surface area is 114 Å². The SMILES string of the molecule is Cc1cc(F)ccc1OCc1c(Br)c(C)nn1C. The molecule has 0 aliphatic carbocycles. The largest absolute Gasteiger partial charge is 0.487 e. The quantitative estimate of drug-likeness (QED) is 0.867. The van der Waals surface area contributed by atoms with Crippen molar-refractivity contribution in [1.29, 1.82) is 0 Å². The molecule has 0 saturated heterocycles. The van der Waals surface area contributed by atoms with Gasteiger partial charge >= 0.3 is 0 Å². The molecule has 1 aromatic heterocycles. The second-order valence-corrected chi connectivity index (χ2v) is 4.96. The van der Waals surface area contributed by atoms with Crippen LogP contribution in [0, 0.1) is 19.7 Å². The molecular formula is C13H14BrFN2O. The molecule has 0 saturated carbocycles. The van der Waals surface area contributed by atoms with Crippen molar-refractivity contribution in [3.63, 3.8) is 0 Å². The van der Waals surface area contributed by atoms with E-state index < -0.39 is 0 Å². The molecule has 3 nitrogen and oxygen atoms in total. The summed E-state index contributed by atoms with van der Waals surface area (Å²) in [5.74, 6) is 0.430. The highest BCUT2D eigenvalue weighted by Crippen LogP contribution is 2.24. The van der Waals surface area contributed by atoms with E-state index in [0.29, 0.717) is 12.4 Å². The molecule has 0 bridgehead atoms. The highest BCUT2D eigenvalue weighted by atomic mass is 79.9. The minimum atomic E-state index is -0.252. The lowest BCUT2D eigenvalue weighted by Crippen LogP contribution is -2.04. The Morgan fingerprint density at radius 2 is 2.11 bits per heavy atom. The number of ether oxygens (including phenoxy) is 1. The highest BCUT2D eigenvalue weighted by Gasteiger charge is 2.11. The van der Waals surface area contributed by atoms with Crippen LogP contribution < -0.4 is 4.74 Å². The third-order valence-electron chi connectivity index (χ3n) is 2.76. The number of hydrogen-bond acceptors (Lipinski definition) is 2. The second kappa shape index (κ2) is 5.10. The van der Waals surface area contributed by atoms with E-state index in [1.807, 2.05) is 20.9 Å². The molecule has 1 aromatic carbocycles. The van der Waals surface area contributed by atoms with Gasteiger partial charge < -0.3 is 4.74 Å². The maximum Gasteiger partial charge on any atom is 0.131 e. The molecule has 0 atom stereocenters. The zero-order chi connectivity index (χ0) is 13.3. The third-order valence-corrected chi connectivity index (χ3v) is 3.79. The first kappa shape index (κ1) is 13.1. The van der Waals surface area contributed by atoms with Crippen LogP contribution in [0.3, 0.4) is 0 Å². The maximum atomic E-state index is 13.0. The first-order chi connectivity index (χ1) is 8.49. The Kier molecular flexibility index (Phi) is 3.71. The lowest BCUT2D eigenvalue weighted by Gasteiger charge is -2.09. The van der Waals surface area contributed by atoms with Gasteiger partial charge in [0.15, 0.2) is 0 Å². The summed E-state index contributed by atoms with van der Waals surface area (Å²) in [5, 5.41) is 4.29. The van der Waals surface area contributed by atoms with Crippen LogP contribution in [0.1, 0.15) is 17.0 Å². The van der Waals surface area contributed by atoms with Gasteiger partial charge in [-0.05, 0) is 53.5 Å². The van der Waals surface area contributed by atoms with Crippen LogP contribution in [0.4, 0.5) is 4.39 Å². The molecule has 0 radical (unpaired) electrons. The summed E-state index contributed by atoms with van der Waals surface area (Å²) in [6.45, 7) is 4.14. The van der Waals surface area contributed by atoms with E-state index in [2.05, 4.69) is 21.0 Å². The first-order valence-electron chi connectivity index (χ1n) is 5.56. The maximum absolute atomic E-state index is 13.0. The molecule has 1 heterocycles. The Balaban J connectivity index is 2.16. The molecular weight excluding hydrogens is 299 g/mol. The van der Waals surface area contributed by atoms with Gasteiger partial charge in [-0.3, -0.25) is 4.68 Å². The predicted molar refractivity (Wildman–Crippen MR) is 71.1 cm³/mol. The fourth-order valence-corrected chi connectivity index (χ4v) is 2.21. The van der Waals surface area contributed by atoms with Gasteiger partial charge in [-0.2, -0.15) is 5.10 Å². The highest BCUT2D eigenvalue weighted by molar-refractivity contribution is 9.10. The van der Waals surface area contributed by atoms with Gasteiger partial charge in [0.05, 0.1) is 15.9 Å². The van der Waals surface area contributed by atoms with Crippen LogP contribution in [-0.2, 0) is 13.7 Å². The van der Waals surface area contributed by atoms with E-state index in [1.165, 1.54) is 12.1 Å². The first-order valence-corrected chi connectivity index (χ1v) is 6.35. The molecule has 0 N–H and O–H groups in total. The average Bonchev–Trinajstić information content (AvgIpc) is 2.53. The van der Waals surface area contributed by atoms with E-state index in [-0.39, 0.29) is 5.82 Å². The number of benzene rings is 1. The van der Waals surface area contributed by atoms with E-state index in [0.717, 1.165) is 21.4 Å². The zero-order valence-electron chi connectivity index (χ0n) is 10.5. The minimum absolute atomic E-state index is 0.252. The van der Waals surface area contributed by atoms with Crippen molar-refractivity contribution in [2.45, 2.75) is 20.5 Å². The molecule has 2 rings (SSSR count). The summed E-state index contributed by atoms with van der Waals surface area (Å²) in [6.07, 6.45) is 0. The van der Waals surface area contributed by atoms with Crippen molar-refractivity contribution in [3.8, 4) is 5.75 Å². The lowest BCUT2D eigenvalue weighted by molar-refractivity contribution is 0.291. The van der Waals surface area contributed by atoms with Crippen LogP contribution in [0.15, 0.2) is 22.7 Å². The Morgan fingerprint density at radius 1 is 1.39 bits per heavy atom. The summed E-state index contributed by atoms with van der Waals surface area (Å²) in [7, 11) is 1.87. The Morgan fingerprint density at radius 3 is 2.67 bits per heavy atom. The topological polar surface area (TPSA) is 27.1 Å². The standard InChI is InChI=1S/C13H14BrFN2O/c1-8-6-10(15)4-5-12(8)18-7-11-13(14)9(2)16-17(11)3/h4-6H,7H2,1-3H3. The van der Waals surface area contributed by atoms with Gasteiger partial charge in [0, 0.05) is 7.05 Å². The van der Waals surface area contributed by atoms with Crippen LogP contribution in [0.5, 0.6) is 5.75 Å². The molecule has 0 aliphatic rings. The summed E-state index contributed by atoms with van der Waals surface area (Å²) in [5.41, 5.74) is 2.66. The van der Waals surface area contributed by atoms with Crippen LogP contribution >= 0.6 is 15.9 Å². The summed E-state index contributed by atoms with van der Waals surface area (Å²) in [6, 6.07) is 4.49. The number of rotatable bonds is 3. The molecule has 96 valence electrons.